The molecule has 0 amide bonds. The van der Waals surface area contributed by atoms with Crippen molar-refractivity contribution in [3.8, 4) is 11.3 Å². The Morgan fingerprint density at radius 2 is 1.83 bits per heavy atom. The number of hydrogen-bond acceptors (Lipinski definition) is 6. The van der Waals surface area contributed by atoms with Crippen LogP contribution in [0.5, 0.6) is 0 Å². The van der Waals surface area contributed by atoms with E-state index in [9.17, 15) is 19.7 Å². The maximum atomic E-state index is 12.2. The van der Waals surface area contributed by atoms with Crippen LogP contribution in [0.2, 0.25) is 0 Å². The molecule has 0 saturated heterocycles. The van der Waals surface area contributed by atoms with Crippen LogP contribution < -0.4 is 0 Å². The summed E-state index contributed by atoms with van der Waals surface area (Å²) in [7, 11) is 0. The maximum absolute atomic E-state index is 12.2. The third-order valence-corrected chi connectivity index (χ3v) is 4.05. The first-order valence-corrected chi connectivity index (χ1v) is 8.82. The first-order chi connectivity index (χ1) is 14.0. The van der Waals surface area contributed by atoms with Gasteiger partial charge in [0.05, 0.1) is 17.1 Å². The predicted molar refractivity (Wildman–Crippen MR) is 107 cm³/mol. The summed E-state index contributed by atoms with van der Waals surface area (Å²) in [5, 5.41) is 10.8. The number of hydrogen-bond donors (Lipinski definition) is 0. The van der Waals surface area contributed by atoms with E-state index in [0.717, 1.165) is 5.56 Å². The molecular formula is C22H17NO6. The minimum atomic E-state index is -0.549. The molecule has 0 N–H and O–H groups in total. The van der Waals surface area contributed by atoms with Crippen molar-refractivity contribution in [2.24, 2.45) is 0 Å². The molecule has 7 heteroatoms. The molecule has 0 radical (unpaired) electrons. The number of carbonyl (C=O) groups excluding carboxylic acids is 2. The van der Waals surface area contributed by atoms with Gasteiger partial charge in [0.25, 0.3) is 5.69 Å². The van der Waals surface area contributed by atoms with Gasteiger partial charge < -0.3 is 9.15 Å². The van der Waals surface area contributed by atoms with E-state index in [-0.39, 0.29) is 23.0 Å². The molecule has 1 aromatic heterocycles. The molecule has 0 atom stereocenters. The summed E-state index contributed by atoms with van der Waals surface area (Å²) < 4.78 is 10.7. The standard InChI is InChI=1S/C22H17NO6/c1-2-28-22(25)16-8-6-15(7-9-16)21-13-11-19(29-21)10-12-20(24)17-4-3-5-18(14-17)23(26)27/h3-14H,2H2,1H3. The largest absolute Gasteiger partial charge is 0.462 e. The fourth-order valence-electron chi connectivity index (χ4n) is 2.61. The zero-order valence-corrected chi connectivity index (χ0v) is 15.5. The monoisotopic (exact) mass is 391 g/mol. The lowest BCUT2D eigenvalue weighted by Gasteiger charge is -2.02. The molecule has 2 aromatic carbocycles. The maximum Gasteiger partial charge on any atom is 0.338 e. The molecule has 0 spiro atoms. The summed E-state index contributed by atoms with van der Waals surface area (Å²) in [6.45, 7) is 2.05. The molecule has 0 saturated carbocycles. The van der Waals surface area contributed by atoms with Gasteiger partial charge in [-0.05, 0) is 43.3 Å². The van der Waals surface area contributed by atoms with Crippen molar-refractivity contribution in [3.05, 3.63) is 93.7 Å². The highest BCUT2D eigenvalue weighted by atomic mass is 16.6. The quantitative estimate of drug-likeness (QED) is 0.186. The molecule has 0 bridgehead atoms. The number of ketones is 1. The molecule has 7 nitrogen and oxygen atoms in total. The van der Waals surface area contributed by atoms with E-state index in [1.807, 2.05) is 0 Å². The van der Waals surface area contributed by atoms with Crippen molar-refractivity contribution >= 4 is 23.5 Å². The fraction of sp³-hybridized carbons (Fsp3) is 0.0909. The van der Waals surface area contributed by atoms with Crippen molar-refractivity contribution in [1.82, 2.24) is 0 Å². The first-order valence-electron chi connectivity index (χ1n) is 8.82. The number of non-ortho nitro benzene ring substituents is 1. The number of benzene rings is 2. The van der Waals surface area contributed by atoms with Gasteiger partial charge in [0.15, 0.2) is 5.78 Å². The van der Waals surface area contributed by atoms with E-state index in [1.165, 1.54) is 36.4 Å². The van der Waals surface area contributed by atoms with Crippen LogP contribution in [0, 0.1) is 10.1 Å². The van der Waals surface area contributed by atoms with E-state index in [4.69, 9.17) is 9.15 Å². The lowest BCUT2D eigenvalue weighted by Crippen LogP contribution is -2.03. The summed E-state index contributed by atoms with van der Waals surface area (Å²) in [5.74, 6) is 0.267. The molecule has 3 aromatic rings. The number of nitro groups is 1. The zero-order valence-electron chi connectivity index (χ0n) is 15.5. The van der Waals surface area contributed by atoms with Gasteiger partial charge in [-0.1, -0.05) is 24.3 Å². The van der Waals surface area contributed by atoms with Gasteiger partial charge in [0.2, 0.25) is 0 Å². The van der Waals surface area contributed by atoms with E-state index in [0.29, 0.717) is 23.7 Å². The number of rotatable bonds is 7. The van der Waals surface area contributed by atoms with Crippen LogP contribution in [0.4, 0.5) is 5.69 Å². The third kappa shape index (κ3) is 4.84. The fourth-order valence-corrected chi connectivity index (χ4v) is 2.61. The van der Waals surface area contributed by atoms with Gasteiger partial charge in [-0.25, -0.2) is 4.79 Å². The Morgan fingerprint density at radius 1 is 1.07 bits per heavy atom. The highest BCUT2D eigenvalue weighted by Crippen LogP contribution is 2.24. The molecule has 1 heterocycles. The van der Waals surface area contributed by atoms with Gasteiger partial charge in [-0.15, -0.1) is 0 Å². The van der Waals surface area contributed by atoms with Gasteiger partial charge in [-0.2, -0.15) is 0 Å². The van der Waals surface area contributed by atoms with E-state index >= 15 is 0 Å². The van der Waals surface area contributed by atoms with E-state index in [2.05, 4.69) is 0 Å². The Labute approximate surface area is 166 Å². The van der Waals surface area contributed by atoms with Crippen molar-refractivity contribution in [3.63, 3.8) is 0 Å². The van der Waals surface area contributed by atoms with Crippen LogP contribution in [0.1, 0.15) is 33.4 Å². The topological polar surface area (TPSA) is 99.7 Å². The van der Waals surface area contributed by atoms with E-state index in [1.54, 1.807) is 43.3 Å². The van der Waals surface area contributed by atoms with Crippen LogP contribution in [0.25, 0.3) is 17.4 Å². The third-order valence-electron chi connectivity index (χ3n) is 4.05. The van der Waals surface area contributed by atoms with Crippen LogP contribution in [-0.4, -0.2) is 23.3 Å². The smallest absolute Gasteiger partial charge is 0.338 e. The summed E-state index contributed by atoms with van der Waals surface area (Å²) in [6.07, 6.45) is 2.79. The molecule has 29 heavy (non-hydrogen) atoms. The number of nitro benzene ring substituents is 1. The number of allylic oxidation sites excluding steroid dienone is 1. The van der Waals surface area contributed by atoms with Crippen molar-refractivity contribution in [2.75, 3.05) is 6.61 Å². The minimum Gasteiger partial charge on any atom is -0.462 e. The van der Waals surface area contributed by atoms with Crippen molar-refractivity contribution in [2.45, 2.75) is 6.92 Å². The number of carbonyl (C=O) groups is 2. The molecule has 0 fully saturated rings. The van der Waals surface area contributed by atoms with Gasteiger partial charge >= 0.3 is 5.97 Å². The highest BCUT2D eigenvalue weighted by molar-refractivity contribution is 6.07. The first kappa shape index (κ1) is 19.8. The van der Waals surface area contributed by atoms with Gasteiger partial charge in [0, 0.05) is 23.3 Å². The minimum absolute atomic E-state index is 0.143. The van der Waals surface area contributed by atoms with Gasteiger partial charge in [-0.3, -0.25) is 14.9 Å². The zero-order chi connectivity index (χ0) is 20.8. The van der Waals surface area contributed by atoms with Gasteiger partial charge in [0.1, 0.15) is 11.5 Å². The number of nitrogens with zero attached hydrogens (tertiary/aromatic N) is 1. The normalized spacial score (nSPS) is 10.8. The Kier molecular flexibility index (Phi) is 5.99. The number of esters is 1. The predicted octanol–water partition coefficient (Wildman–Crippen LogP) is 4.93. The Hall–Kier alpha value is -4.00. The SMILES string of the molecule is CCOC(=O)c1ccc(-c2ccc(C=CC(=O)c3cccc([N+](=O)[O-])c3)o2)cc1. The summed E-state index contributed by atoms with van der Waals surface area (Å²) in [5.41, 5.74) is 1.29. The molecule has 0 aliphatic carbocycles. The van der Waals surface area contributed by atoms with E-state index < -0.39 is 4.92 Å². The average Bonchev–Trinajstić information content (AvgIpc) is 3.21. The summed E-state index contributed by atoms with van der Waals surface area (Å²) >= 11 is 0. The molecule has 3 rings (SSSR count). The highest BCUT2D eigenvalue weighted by Gasteiger charge is 2.10. The molecular weight excluding hydrogens is 374 g/mol. The van der Waals surface area contributed by atoms with Crippen LogP contribution in [0.3, 0.4) is 0 Å². The number of furan rings is 1. The van der Waals surface area contributed by atoms with Crippen LogP contribution in [-0.2, 0) is 4.74 Å². The second-order valence-electron chi connectivity index (χ2n) is 6.00. The lowest BCUT2D eigenvalue weighted by atomic mass is 10.1. The Bertz CT molecular complexity index is 1080. The summed E-state index contributed by atoms with van der Waals surface area (Å²) in [6, 6.07) is 15.8. The second-order valence-corrected chi connectivity index (χ2v) is 6.00. The summed E-state index contributed by atoms with van der Waals surface area (Å²) in [4.78, 5) is 34.2. The van der Waals surface area contributed by atoms with Crippen LogP contribution in [0.15, 0.2) is 71.2 Å². The second kappa shape index (κ2) is 8.79. The number of ether oxygens (including phenoxy) is 1. The molecule has 0 aliphatic rings. The molecule has 146 valence electrons. The molecule has 0 unspecified atom stereocenters. The molecule has 0 aliphatic heterocycles. The van der Waals surface area contributed by atoms with Crippen molar-refractivity contribution < 1.29 is 23.7 Å². The lowest BCUT2D eigenvalue weighted by molar-refractivity contribution is -0.384. The van der Waals surface area contributed by atoms with Crippen LogP contribution >= 0.6 is 0 Å². The average molecular weight is 391 g/mol. The Balaban J connectivity index is 1.71. The van der Waals surface area contributed by atoms with Crippen molar-refractivity contribution in [1.29, 1.82) is 0 Å². The Morgan fingerprint density at radius 3 is 2.52 bits per heavy atom.